The maximum Gasteiger partial charge on any atom is 0.250 e. The van der Waals surface area contributed by atoms with Gasteiger partial charge in [0, 0.05) is 55.2 Å². The lowest BCUT2D eigenvalue weighted by Crippen LogP contribution is -2.51. The molecule has 4 heterocycles. The second-order valence-corrected chi connectivity index (χ2v) is 11.0. The van der Waals surface area contributed by atoms with E-state index in [4.69, 9.17) is 14.6 Å². The van der Waals surface area contributed by atoms with Crippen LogP contribution in [0.1, 0.15) is 58.1 Å². The molecule has 1 saturated carbocycles. The molecule has 206 valence electrons. The van der Waals surface area contributed by atoms with Crippen molar-refractivity contribution in [2.45, 2.75) is 70.1 Å². The number of ether oxygens (including phenoxy) is 2. The average molecular weight is 526 g/mol. The van der Waals surface area contributed by atoms with E-state index in [9.17, 15) is 9.90 Å². The molecule has 0 radical (unpaired) electrons. The van der Waals surface area contributed by atoms with Crippen molar-refractivity contribution < 1.29 is 19.4 Å². The zero-order valence-corrected chi connectivity index (χ0v) is 22.8. The van der Waals surface area contributed by atoms with Crippen molar-refractivity contribution in [1.82, 2.24) is 29.3 Å². The number of nitrogens with one attached hydrogen (secondary N) is 1. The first-order valence-corrected chi connectivity index (χ1v) is 13.5. The van der Waals surface area contributed by atoms with Crippen molar-refractivity contribution in [3.05, 3.63) is 30.4 Å². The lowest BCUT2D eigenvalue weighted by atomic mass is 9.85. The summed E-state index contributed by atoms with van der Waals surface area (Å²) in [6, 6.07) is 2.23. The third kappa shape index (κ3) is 5.27. The summed E-state index contributed by atoms with van der Waals surface area (Å²) in [6.07, 6.45) is 8.73. The highest BCUT2D eigenvalue weighted by molar-refractivity contribution is 5.85. The van der Waals surface area contributed by atoms with Crippen LogP contribution in [-0.2, 0) is 19.8 Å². The second-order valence-electron chi connectivity index (χ2n) is 11.0. The molecule has 11 heteroatoms. The molecule has 0 bridgehead atoms. The van der Waals surface area contributed by atoms with Crippen LogP contribution in [0.2, 0.25) is 0 Å². The number of fused-ring (bicyclic) bond motifs is 1. The van der Waals surface area contributed by atoms with Gasteiger partial charge in [-0.05, 0) is 52.5 Å². The molecule has 3 aromatic heterocycles. The van der Waals surface area contributed by atoms with E-state index in [1.165, 1.54) is 0 Å². The van der Waals surface area contributed by atoms with Crippen molar-refractivity contribution in [1.29, 1.82) is 0 Å². The molecule has 5 rings (SSSR count). The Kier molecular flexibility index (Phi) is 7.69. The standard InChI is InChI=1S/C27H39N7O4/c1-18(17-37-4)30-26-28-15-24-22(13-23(34(24)31-26)19-5-7-21(35)8-6-19)20-14-29-33(16-20)27(2,3)25(36)32-9-11-38-12-10-32/h13-16,18-19,21,35H,5-12,17H2,1-4H3,(H,30,31)/t18-,19?,21?/m0/s1. The number of morpholine rings is 1. The number of amides is 1. The largest absolute Gasteiger partial charge is 0.393 e. The lowest BCUT2D eigenvalue weighted by Gasteiger charge is -2.34. The Morgan fingerprint density at radius 1 is 1.24 bits per heavy atom. The Bertz CT molecular complexity index is 1260. The number of hydrogen-bond acceptors (Lipinski definition) is 8. The zero-order valence-electron chi connectivity index (χ0n) is 22.8. The van der Waals surface area contributed by atoms with E-state index in [2.05, 4.69) is 21.5 Å². The molecule has 2 N–H and O–H groups in total. The second kappa shape index (κ2) is 11.0. The summed E-state index contributed by atoms with van der Waals surface area (Å²) in [4.78, 5) is 19.8. The fraction of sp³-hybridized carbons (Fsp3) is 0.630. The van der Waals surface area contributed by atoms with E-state index in [1.807, 2.05) is 48.8 Å². The third-order valence-corrected chi connectivity index (χ3v) is 7.74. The number of aliphatic hydroxyl groups excluding tert-OH is 1. The van der Waals surface area contributed by atoms with Gasteiger partial charge in [-0.25, -0.2) is 9.50 Å². The molecule has 0 aromatic carbocycles. The minimum atomic E-state index is -0.835. The van der Waals surface area contributed by atoms with Gasteiger partial charge in [-0.15, -0.1) is 5.10 Å². The fourth-order valence-corrected chi connectivity index (χ4v) is 5.51. The van der Waals surface area contributed by atoms with Crippen LogP contribution in [-0.4, -0.2) is 92.5 Å². The van der Waals surface area contributed by atoms with Gasteiger partial charge in [-0.2, -0.15) is 5.10 Å². The Balaban J connectivity index is 1.49. The van der Waals surface area contributed by atoms with Crippen molar-refractivity contribution >= 4 is 17.4 Å². The van der Waals surface area contributed by atoms with Crippen LogP contribution < -0.4 is 5.32 Å². The molecule has 1 aliphatic heterocycles. The Hall–Kier alpha value is -3.02. The first-order chi connectivity index (χ1) is 18.3. The number of nitrogens with zero attached hydrogens (tertiary/aromatic N) is 6. The molecule has 1 amide bonds. The molecule has 0 spiro atoms. The summed E-state index contributed by atoms with van der Waals surface area (Å²) in [5.74, 6) is 0.852. The van der Waals surface area contributed by atoms with Gasteiger partial charge in [-0.3, -0.25) is 9.48 Å². The van der Waals surface area contributed by atoms with Gasteiger partial charge in [0.1, 0.15) is 5.54 Å². The molecular formula is C27H39N7O4. The maximum absolute atomic E-state index is 13.3. The highest BCUT2D eigenvalue weighted by Gasteiger charge is 2.36. The van der Waals surface area contributed by atoms with E-state index in [1.54, 1.807) is 11.8 Å². The van der Waals surface area contributed by atoms with E-state index in [0.29, 0.717) is 38.9 Å². The zero-order chi connectivity index (χ0) is 26.9. The number of carbonyl (C=O) groups excluding carboxylic acids is 1. The summed E-state index contributed by atoms with van der Waals surface area (Å²) < 4.78 is 14.4. The maximum atomic E-state index is 13.3. The number of rotatable bonds is 8. The van der Waals surface area contributed by atoms with E-state index >= 15 is 0 Å². The minimum absolute atomic E-state index is 0.0304. The molecule has 1 atom stereocenters. The normalized spacial score (nSPS) is 21.6. The van der Waals surface area contributed by atoms with Gasteiger partial charge in [-0.1, -0.05) is 0 Å². The van der Waals surface area contributed by atoms with Crippen molar-refractivity contribution in [3.63, 3.8) is 0 Å². The number of hydrogen-bond donors (Lipinski definition) is 2. The molecule has 38 heavy (non-hydrogen) atoms. The Labute approximate surface area is 223 Å². The smallest absolute Gasteiger partial charge is 0.250 e. The van der Waals surface area contributed by atoms with E-state index in [-0.39, 0.29) is 24.0 Å². The number of carbonyl (C=O) groups is 1. The van der Waals surface area contributed by atoms with Crippen LogP contribution in [0.4, 0.5) is 5.95 Å². The summed E-state index contributed by atoms with van der Waals surface area (Å²) >= 11 is 0. The van der Waals surface area contributed by atoms with Crippen molar-refractivity contribution in [2.24, 2.45) is 0 Å². The van der Waals surface area contributed by atoms with Gasteiger partial charge in [0.15, 0.2) is 0 Å². The lowest BCUT2D eigenvalue weighted by molar-refractivity contribution is -0.143. The van der Waals surface area contributed by atoms with Crippen LogP contribution in [0.3, 0.4) is 0 Å². The highest BCUT2D eigenvalue weighted by atomic mass is 16.5. The molecule has 3 aromatic rings. The fourth-order valence-electron chi connectivity index (χ4n) is 5.51. The third-order valence-electron chi connectivity index (χ3n) is 7.74. The molecular weight excluding hydrogens is 486 g/mol. The van der Waals surface area contributed by atoms with Gasteiger partial charge < -0.3 is 24.8 Å². The topological polar surface area (TPSA) is 119 Å². The van der Waals surface area contributed by atoms with Crippen LogP contribution in [0.5, 0.6) is 0 Å². The molecule has 2 aliphatic rings. The molecule has 2 fully saturated rings. The minimum Gasteiger partial charge on any atom is -0.393 e. The molecule has 11 nitrogen and oxygen atoms in total. The Morgan fingerprint density at radius 2 is 1.97 bits per heavy atom. The number of aliphatic hydroxyl groups is 1. The monoisotopic (exact) mass is 525 g/mol. The summed E-state index contributed by atoms with van der Waals surface area (Å²) in [7, 11) is 1.67. The first-order valence-electron chi connectivity index (χ1n) is 13.5. The Morgan fingerprint density at radius 3 is 2.68 bits per heavy atom. The molecule has 1 aliphatic carbocycles. The predicted octanol–water partition coefficient (Wildman–Crippen LogP) is 2.65. The number of methoxy groups -OCH3 is 1. The summed E-state index contributed by atoms with van der Waals surface area (Å²) in [5.41, 5.74) is 3.03. The van der Waals surface area contributed by atoms with Gasteiger partial charge in [0.25, 0.3) is 0 Å². The molecule has 0 unspecified atom stereocenters. The highest BCUT2D eigenvalue weighted by Crippen LogP contribution is 2.38. The summed E-state index contributed by atoms with van der Waals surface area (Å²) in [5, 5.41) is 22.9. The van der Waals surface area contributed by atoms with Gasteiger partial charge in [0.05, 0.1) is 43.8 Å². The number of anilines is 1. The van der Waals surface area contributed by atoms with Crippen LogP contribution in [0.25, 0.3) is 16.6 Å². The predicted molar refractivity (Wildman–Crippen MR) is 143 cm³/mol. The van der Waals surface area contributed by atoms with Crippen molar-refractivity contribution in [2.75, 3.05) is 45.3 Å². The van der Waals surface area contributed by atoms with Crippen molar-refractivity contribution in [3.8, 4) is 11.1 Å². The van der Waals surface area contributed by atoms with E-state index < -0.39 is 5.54 Å². The van der Waals surface area contributed by atoms with Gasteiger partial charge in [0.2, 0.25) is 11.9 Å². The van der Waals surface area contributed by atoms with E-state index in [0.717, 1.165) is 48.0 Å². The average Bonchev–Trinajstić information content (AvgIpc) is 3.55. The first kappa shape index (κ1) is 26.6. The van der Waals surface area contributed by atoms with Gasteiger partial charge >= 0.3 is 0 Å². The quantitative estimate of drug-likeness (QED) is 0.461. The summed E-state index contributed by atoms with van der Waals surface area (Å²) in [6.45, 7) is 8.68. The van der Waals surface area contributed by atoms with Crippen LogP contribution in [0, 0.1) is 0 Å². The van der Waals surface area contributed by atoms with Crippen LogP contribution >= 0.6 is 0 Å². The molecule has 1 saturated heterocycles. The number of aromatic nitrogens is 5. The SMILES string of the molecule is COC[C@H](C)Nc1ncc2c(-c3cnn(C(C)(C)C(=O)N4CCOCC4)c3)cc(C3CCC(O)CC3)n2n1. The van der Waals surface area contributed by atoms with Crippen LogP contribution in [0.15, 0.2) is 24.7 Å².